The minimum absolute atomic E-state index is 0.0703. The molecule has 3 aromatic carbocycles. The number of nitrogens with one attached hydrogen (secondary N) is 1. The minimum atomic E-state index is -0.202. The molecule has 0 saturated heterocycles. The van der Waals surface area contributed by atoms with Crippen LogP contribution >= 0.6 is 0 Å². The third kappa shape index (κ3) is 5.69. The molecule has 3 aromatic rings. The number of rotatable bonds is 8. The van der Waals surface area contributed by atoms with Crippen LogP contribution in [-0.4, -0.2) is 25.7 Å². The number of amides is 1. The summed E-state index contributed by atoms with van der Waals surface area (Å²) in [7, 11) is 0. The maximum Gasteiger partial charge on any atom is 0.258 e. The Balaban J connectivity index is 1.24. The molecule has 6 heteroatoms. The summed E-state index contributed by atoms with van der Waals surface area (Å²) in [6, 6.07) is 22.7. The Labute approximate surface area is 181 Å². The van der Waals surface area contributed by atoms with Gasteiger partial charge < -0.3 is 24.3 Å². The first kappa shape index (κ1) is 20.6. The average molecular weight is 419 g/mol. The van der Waals surface area contributed by atoms with Crippen LogP contribution in [0.5, 0.6) is 23.0 Å². The van der Waals surface area contributed by atoms with Gasteiger partial charge in [-0.15, -0.1) is 0 Å². The van der Waals surface area contributed by atoms with E-state index in [1.165, 1.54) is 0 Å². The van der Waals surface area contributed by atoms with Crippen molar-refractivity contribution < 1.29 is 23.7 Å². The number of hydrogen-bond donors (Lipinski definition) is 1. The van der Waals surface area contributed by atoms with Gasteiger partial charge in [0.05, 0.1) is 6.04 Å². The zero-order valence-corrected chi connectivity index (χ0v) is 17.4. The molecule has 1 heterocycles. The summed E-state index contributed by atoms with van der Waals surface area (Å²) in [6.45, 7) is 3.43. The van der Waals surface area contributed by atoms with Crippen LogP contribution < -0.4 is 24.3 Å². The Morgan fingerprint density at radius 2 is 1.58 bits per heavy atom. The lowest BCUT2D eigenvalue weighted by Gasteiger charge is -2.21. The number of carbonyl (C=O) groups is 1. The fourth-order valence-electron chi connectivity index (χ4n) is 3.22. The second-order valence-electron chi connectivity index (χ2n) is 7.23. The zero-order chi connectivity index (χ0) is 21.5. The Hall–Kier alpha value is -3.67. The van der Waals surface area contributed by atoms with Gasteiger partial charge in [0, 0.05) is 0 Å². The van der Waals surface area contributed by atoms with E-state index in [1.54, 1.807) is 12.1 Å². The van der Waals surface area contributed by atoms with Crippen LogP contribution in [0.2, 0.25) is 0 Å². The Morgan fingerprint density at radius 3 is 2.32 bits per heavy atom. The van der Waals surface area contributed by atoms with Crippen LogP contribution in [0.3, 0.4) is 0 Å². The Bertz CT molecular complexity index is 1000. The molecule has 0 radical (unpaired) electrons. The van der Waals surface area contributed by atoms with Crippen LogP contribution in [0.1, 0.15) is 24.1 Å². The predicted molar refractivity (Wildman–Crippen MR) is 117 cm³/mol. The molecule has 1 amide bonds. The lowest BCUT2D eigenvalue weighted by atomic mass is 10.1. The molecule has 6 nitrogen and oxygen atoms in total. The molecule has 160 valence electrons. The highest BCUT2D eigenvalue weighted by molar-refractivity contribution is 5.78. The molecule has 1 aliphatic rings. The number of benzene rings is 3. The summed E-state index contributed by atoms with van der Waals surface area (Å²) in [5, 5.41) is 2.94. The van der Waals surface area contributed by atoms with Crippen molar-refractivity contribution in [3.63, 3.8) is 0 Å². The highest BCUT2D eigenvalue weighted by Crippen LogP contribution is 2.32. The van der Waals surface area contributed by atoms with Gasteiger partial charge in [-0.3, -0.25) is 4.79 Å². The van der Waals surface area contributed by atoms with Crippen molar-refractivity contribution in [3.05, 3.63) is 83.9 Å². The molecule has 0 aromatic heterocycles. The van der Waals surface area contributed by atoms with Crippen molar-refractivity contribution in [2.75, 3.05) is 19.8 Å². The first-order valence-electron chi connectivity index (χ1n) is 10.3. The normalized spacial score (nSPS) is 13.2. The van der Waals surface area contributed by atoms with Crippen molar-refractivity contribution in [2.45, 2.75) is 19.6 Å². The summed E-state index contributed by atoms with van der Waals surface area (Å²) in [5.41, 5.74) is 2.05. The summed E-state index contributed by atoms with van der Waals surface area (Å²) in [6.07, 6.45) is 0. The smallest absolute Gasteiger partial charge is 0.258 e. The maximum absolute atomic E-state index is 12.3. The van der Waals surface area contributed by atoms with E-state index in [0.29, 0.717) is 31.3 Å². The van der Waals surface area contributed by atoms with Crippen LogP contribution in [0, 0.1) is 0 Å². The van der Waals surface area contributed by atoms with E-state index in [0.717, 1.165) is 22.6 Å². The van der Waals surface area contributed by atoms with Crippen LogP contribution in [-0.2, 0) is 11.4 Å². The lowest BCUT2D eigenvalue weighted by molar-refractivity contribution is -0.123. The quantitative estimate of drug-likeness (QED) is 0.590. The van der Waals surface area contributed by atoms with Gasteiger partial charge in [0.2, 0.25) is 0 Å². The van der Waals surface area contributed by atoms with Crippen molar-refractivity contribution in [1.29, 1.82) is 0 Å². The largest absolute Gasteiger partial charge is 0.489 e. The molecule has 4 rings (SSSR count). The van der Waals surface area contributed by atoms with Crippen molar-refractivity contribution in [2.24, 2.45) is 0 Å². The fourth-order valence-corrected chi connectivity index (χ4v) is 3.22. The summed E-state index contributed by atoms with van der Waals surface area (Å²) >= 11 is 0. The van der Waals surface area contributed by atoms with E-state index in [4.69, 9.17) is 18.9 Å². The molecule has 0 bridgehead atoms. The van der Waals surface area contributed by atoms with E-state index < -0.39 is 0 Å². The number of ether oxygens (including phenoxy) is 4. The SMILES string of the molecule is C[C@@H](NC(=O)COc1ccc(OCc2ccccc2)cc1)c1ccc2c(c1)OCCO2. The lowest BCUT2D eigenvalue weighted by Crippen LogP contribution is -2.31. The predicted octanol–water partition coefficient (Wildman–Crippen LogP) is 4.29. The van der Waals surface area contributed by atoms with Gasteiger partial charge >= 0.3 is 0 Å². The number of carbonyl (C=O) groups excluding carboxylic acids is 1. The molecule has 0 aliphatic carbocycles. The van der Waals surface area contributed by atoms with E-state index in [-0.39, 0.29) is 18.6 Å². The van der Waals surface area contributed by atoms with Gasteiger partial charge in [0.15, 0.2) is 18.1 Å². The highest BCUT2D eigenvalue weighted by Gasteiger charge is 2.16. The summed E-state index contributed by atoms with van der Waals surface area (Å²) in [4.78, 5) is 12.3. The van der Waals surface area contributed by atoms with Gasteiger partial charge in [-0.2, -0.15) is 0 Å². The van der Waals surface area contributed by atoms with Gasteiger partial charge in [-0.05, 0) is 54.4 Å². The van der Waals surface area contributed by atoms with Gasteiger partial charge in [-0.1, -0.05) is 36.4 Å². The van der Waals surface area contributed by atoms with Gasteiger partial charge in [0.25, 0.3) is 5.91 Å². The Kier molecular flexibility index (Phi) is 6.57. The molecule has 0 fully saturated rings. The summed E-state index contributed by atoms with van der Waals surface area (Å²) in [5.74, 6) is 2.58. The monoisotopic (exact) mass is 419 g/mol. The van der Waals surface area contributed by atoms with Crippen LogP contribution in [0.25, 0.3) is 0 Å². The second-order valence-corrected chi connectivity index (χ2v) is 7.23. The maximum atomic E-state index is 12.3. The van der Waals surface area contributed by atoms with Gasteiger partial charge in [0.1, 0.15) is 31.3 Å². The number of hydrogen-bond acceptors (Lipinski definition) is 5. The second kappa shape index (κ2) is 9.89. The molecular formula is C25H25NO5. The molecule has 0 unspecified atom stereocenters. The topological polar surface area (TPSA) is 66.0 Å². The molecule has 1 atom stereocenters. The first-order chi connectivity index (χ1) is 15.2. The molecule has 0 spiro atoms. The van der Waals surface area contributed by atoms with Crippen LogP contribution in [0.4, 0.5) is 0 Å². The third-order valence-electron chi connectivity index (χ3n) is 4.89. The standard InChI is InChI=1S/C25H25NO5/c1-18(20-7-12-23-24(15-20)29-14-13-28-23)26-25(27)17-31-22-10-8-21(9-11-22)30-16-19-5-3-2-4-6-19/h2-12,15,18H,13-14,16-17H2,1H3,(H,26,27)/t18-/m1/s1. The third-order valence-corrected chi connectivity index (χ3v) is 4.89. The van der Waals surface area contributed by atoms with E-state index in [1.807, 2.05) is 67.6 Å². The van der Waals surface area contributed by atoms with Crippen molar-refractivity contribution in [3.8, 4) is 23.0 Å². The van der Waals surface area contributed by atoms with Crippen LogP contribution in [0.15, 0.2) is 72.8 Å². The van der Waals surface area contributed by atoms with E-state index >= 15 is 0 Å². The number of fused-ring (bicyclic) bond motifs is 1. The van der Waals surface area contributed by atoms with E-state index in [9.17, 15) is 4.79 Å². The minimum Gasteiger partial charge on any atom is -0.489 e. The first-order valence-corrected chi connectivity index (χ1v) is 10.3. The van der Waals surface area contributed by atoms with Crippen molar-refractivity contribution in [1.82, 2.24) is 5.32 Å². The zero-order valence-electron chi connectivity index (χ0n) is 17.4. The molecule has 31 heavy (non-hydrogen) atoms. The van der Waals surface area contributed by atoms with Gasteiger partial charge in [-0.25, -0.2) is 0 Å². The average Bonchev–Trinajstić information content (AvgIpc) is 2.82. The molecule has 1 aliphatic heterocycles. The van der Waals surface area contributed by atoms with E-state index in [2.05, 4.69) is 5.32 Å². The molecular weight excluding hydrogens is 394 g/mol. The fraction of sp³-hybridized carbons (Fsp3) is 0.240. The molecule has 1 N–H and O–H groups in total. The Morgan fingerprint density at radius 1 is 0.903 bits per heavy atom. The molecule has 0 saturated carbocycles. The highest BCUT2D eigenvalue weighted by atomic mass is 16.6. The van der Waals surface area contributed by atoms with Crippen molar-refractivity contribution >= 4 is 5.91 Å². The summed E-state index contributed by atoms with van der Waals surface area (Å²) < 4.78 is 22.5.